The first-order valence-electron chi connectivity index (χ1n) is 4.84. The van der Waals surface area contributed by atoms with Crippen molar-refractivity contribution in [3.8, 4) is 0 Å². The van der Waals surface area contributed by atoms with Gasteiger partial charge in [0.15, 0.2) is 0 Å². The first kappa shape index (κ1) is 11.9. The summed E-state index contributed by atoms with van der Waals surface area (Å²) in [6, 6.07) is 0. The molecule has 12 heavy (non-hydrogen) atoms. The van der Waals surface area contributed by atoms with Gasteiger partial charge in [0, 0.05) is 12.5 Å². The number of hydrogen-bond donors (Lipinski definition) is 1. The highest BCUT2D eigenvalue weighted by atomic mass is 16.5. The number of aliphatic hydroxyl groups excluding tert-OH is 1. The van der Waals surface area contributed by atoms with Crippen molar-refractivity contribution in [1.82, 2.24) is 0 Å². The largest absolute Gasteiger partial charge is 0.396 e. The maximum absolute atomic E-state index is 9.25. The second kappa shape index (κ2) is 6.44. The highest BCUT2D eigenvalue weighted by Crippen LogP contribution is 2.28. The Kier molecular flexibility index (Phi) is 6.39. The van der Waals surface area contributed by atoms with Gasteiger partial charge in [-0.05, 0) is 12.8 Å². The summed E-state index contributed by atoms with van der Waals surface area (Å²) in [5.41, 5.74) is 0.0186. The minimum atomic E-state index is 0.0186. The SMILES string of the molecule is CCCCC(CC)(CO)COC. The van der Waals surface area contributed by atoms with E-state index in [1.54, 1.807) is 7.11 Å². The normalized spacial score (nSPS) is 16.0. The number of unbranched alkanes of at least 4 members (excludes halogenated alkanes) is 1. The lowest BCUT2D eigenvalue weighted by Gasteiger charge is -2.29. The van der Waals surface area contributed by atoms with E-state index in [0.29, 0.717) is 6.61 Å². The van der Waals surface area contributed by atoms with Crippen LogP contribution in [0.5, 0.6) is 0 Å². The van der Waals surface area contributed by atoms with E-state index >= 15 is 0 Å². The average Bonchev–Trinajstić information content (AvgIpc) is 2.13. The van der Waals surface area contributed by atoms with Crippen molar-refractivity contribution >= 4 is 0 Å². The molecule has 74 valence electrons. The summed E-state index contributed by atoms with van der Waals surface area (Å²) >= 11 is 0. The molecule has 0 aromatic heterocycles. The zero-order chi connectivity index (χ0) is 9.45. The maximum atomic E-state index is 9.25. The van der Waals surface area contributed by atoms with Gasteiger partial charge in [0.2, 0.25) is 0 Å². The summed E-state index contributed by atoms with van der Waals surface area (Å²) in [6.45, 7) is 5.22. The summed E-state index contributed by atoms with van der Waals surface area (Å²) in [5.74, 6) is 0. The number of rotatable bonds is 7. The molecule has 0 radical (unpaired) electrons. The molecule has 0 aromatic rings. The van der Waals surface area contributed by atoms with E-state index in [4.69, 9.17) is 4.74 Å². The van der Waals surface area contributed by atoms with Gasteiger partial charge in [-0.2, -0.15) is 0 Å². The topological polar surface area (TPSA) is 29.5 Å². The Morgan fingerprint density at radius 2 is 2.00 bits per heavy atom. The third-order valence-corrected chi connectivity index (χ3v) is 2.60. The molecule has 0 aromatic carbocycles. The molecule has 0 rings (SSSR count). The summed E-state index contributed by atoms with van der Waals surface area (Å²) in [5, 5.41) is 9.25. The highest BCUT2D eigenvalue weighted by Gasteiger charge is 2.26. The second-order valence-electron chi connectivity index (χ2n) is 3.55. The van der Waals surface area contributed by atoms with Gasteiger partial charge in [0.05, 0.1) is 13.2 Å². The van der Waals surface area contributed by atoms with Gasteiger partial charge < -0.3 is 9.84 Å². The molecule has 1 N–H and O–H groups in total. The van der Waals surface area contributed by atoms with E-state index in [9.17, 15) is 5.11 Å². The molecular weight excluding hydrogens is 152 g/mol. The van der Waals surface area contributed by atoms with Crippen LogP contribution in [0.1, 0.15) is 39.5 Å². The van der Waals surface area contributed by atoms with Crippen LogP contribution in [0.4, 0.5) is 0 Å². The monoisotopic (exact) mass is 174 g/mol. The van der Waals surface area contributed by atoms with E-state index in [1.165, 1.54) is 12.8 Å². The minimum Gasteiger partial charge on any atom is -0.396 e. The molecule has 2 heteroatoms. The van der Waals surface area contributed by atoms with Crippen LogP contribution in [-0.2, 0) is 4.74 Å². The molecule has 0 aliphatic heterocycles. The average molecular weight is 174 g/mol. The lowest BCUT2D eigenvalue weighted by atomic mass is 9.82. The van der Waals surface area contributed by atoms with Gasteiger partial charge in [0.1, 0.15) is 0 Å². The molecule has 1 atom stereocenters. The number of aliphatic hydroxyl groups is 1. The predicted octanol–water partition coefficient (Wildman–Crippen LogP) is 2.21. The molecule has 0 bridgehead atoms. The number of ether oxygens (including phenoxy) is 1. The van der Waals surface area contributed by atoms with Crippen molar-refractivity contribution in [3.63, 3.8) is 0 Å². The molecule has 0 aliphatic carbocycles. The third kappa shape index (κ3) is 3.55. The van der Waals surface area contributed by atoms with Gasteiger partial charge in [0.25, 0.3) is 0 Å². The Morgan fingerprint density at radius 3 is 2.33 bits per heavy atom. The standard InChI is InChI=1S/C10H22O2/c1-4-6-7-10(5-2,8-11)9-12-3/h11H,4-9H2,1-3H3. The molecule has 0 heterocycles. The number of hydrogen-bond acceptors (Lipinski definition) is 2. The van der Waals surface area contributed by atoms with Crippen LogP contribution in [-0.4, -0.2) is 25.4 Å². The first-order valence-corrected chi connectivity index (χ1v) is 4.84. The Morgan fingerprint density at radius 1 is 1.33 bits per heavy atom. The van der Waals surface area contributed by atoms with Gasteiger partial charge in [-0.25, -0.2) is 0 Å². The van der Waals surface area contributed by atoms with Crippen molar-refractivity contribution < 1.29 is 9.84 Å². The van der Waals surface area contributed by atoms with Crippen molar-refractivity contribution in [3.05, 3.63) is 0 Å². The molecule has 0 saturated heterocycles. The lowest BCUT2D eigenvalue weighted by molar-refractivity contribution is 0.0186. The van der Waals surface area contributed by atoms with Crippen molar-refractivity contribution in [1.29, 1.82) is 0 Å². The fourth-order valence-electron chi connectivity index (χ4n) is 1.45. The van der Waals surface area contributed by atoms with Crippen molar-refractivity contribution in [2.45, 2.75) is 39.5 Å². The molecule has 0 fully saturated rings. The third-order valence-electron chi connectivity index (χ3n) is 2.60. The Bertz CT molecular complexity index is 98.0. The van der Waals surface area contributed by atoms with E-state index in [2.05, 4.69) is 13.8 Å². The first-order chi connectivity index (χ1) is 5.74. The molecule has 1 unspecified atom stereocenters. The zero-order valence-corrected chi connectivity index (χ0v) is 8.60. The molecular formula is C10H22O2. The van der Waals surface area contributed by atoms with Crippen LogP contribution < -0.4 is 0 Å². The van der Waals surface area contributed by atoms with Crippen LogP contribution in [0.2, 0.25) is 0 Å². The fourth-order valence-corrected chi connectivity index (χ4v) is 1.45. The van der Waals surface area contributed by atoms with Crippen LogP contribution in [0.25, 0.3) is 0 Å². The lowest BCUT2D eigenvalue weighted by Crippen LogP contribution is -2.29. The summed E-state index contributed by atoms with van der Waals surface area (Å²) in [7, 11) is 1.70. The van der Waals surface area contributed by atoms with E-state index < -0.39 is 0 Å². The second-order valence-corrected chi connectivity index (χ2v) is 3.55. The van der Waals surface area contributed by atoms with Gasteiger partial charge in [-0.3, -0.25) is 0 Å². The molecule has 0 aliphatic rings. The zero-order valence-electron chi connectivity index (χ0n) is 8.60. The van der Waals surface area contributed by atoms with E-state index in [1.807, 2.05) is 0 Å². The van der Waals surface area contributed by atoms with Gasteiger partial charge in [-0.15, -0.1) is 0 Å². The van der Waals surface area contributed by atoms with Crippen molar-refractivity contribution in [2.75, 3.05) is 20.3 Å². The maximum Gasteiger partial charge on any atom is 0.0540 e. The summed E-state index contributed by atoms with van der Waals surface area (Å²) in [6.07, 6.45) is 4.44. The van der Waals surface area contributed by atoms with Crippen LogP contribution in [0.15, 0.2) is 0 Å². The van der Waals surface area contributed by atoms with Crippen LogP contribution >= 0.6 is 0 Å². The number of methoxy groups -OCH3 is 1. The van der Waals surface area contributed by atoms with E-state index in [-0.39, 0.29) is 12.0 Å². The van der Waals surface area contributed by atoms with Crippen LogP contribution in [0, 0.1) is 5.41 Å². The fraction of sp³-hybridized carbons (Fsp3) is 1.00. The van der Waals surface area contributed by atoms with Crippen molar-refractivity contribution in [2.24, 2.45) is 5.41 Å². The van der Waals surface area contributed by atoms with E-state index in [0.717, 1.165) is 12.8 Å². The molecule has 0 amide bonds. The van der Waals surface area contributed by atoms with Gasteiger partial charge in [-0.1, -0.05) is 26.7 Å². The Hall–Kier alpha value is -0.0800. The molecule has 2 nitrogen and oxygen atoms in total. The summed E-state index contributed by atoms with van der Waals surface area (Å²) in [4.78, 5) is 0. The Balaban J connectivity index is 3.95. The minimum absolute atomic E-state index is 0.0186. The Labute approximate surface area is 75.9 Å². The quantitative estimate of drug-likeness (QED) is 0.641. The molecule has 0 saturated carbocycles. The van der Waals surface area contributed by atoms with Crippen LogP contribution in [0.3, 0.4) is 0 Å². The summed E-state index contributed by atoms with van der Waals surface area (Å²) < 4.78 is 5.13. The highest BCUT2D eigenvalue weighted by molar-refractivity contribution is 4.76. The van der Waals surface area contributed by atoms with Gasteiger partial charge >= 0.3 is 0 Å². The molecule has 0 spiro atoms. The smallest absolute Gasteiger partial charge is 0.0540 e. The predicted molar refractivity (Wildman–Crippen MR) is 51.2 cm³/mol.